The van der Waals surface area contributed by atoms with Gasteiger partial charge in [0.05, 0.1) is 5.92 Å². The number of aromatic nitrogens is 1. The zero-order chi connectivity index (χ0) is 15.7. The van der Waals surface area contributed by atoms with Crippen molar-refractivity contribution in [2.75, 3.05) is 16.8 Å². The highest BCUT2D eigenvalue weighted by Crippen LogP contribution is 2.27. The lowest BCUT2D eigenvalue weighted by Crippen LogP contribution is -2.28. The number of benzene rings is 1. The van der Waals surface area contributed by atoms with Crippen LogP contribution in [0, 0.1) is 12.8 Å². The van der Waals surface area contributed by atoms with Crippen molar-refractivity contribution in [3.63, 3.8) is 0 Å². The normalized spacial score (nSPS) is 17.8. The molecule has 0 saturated carbocycles. The summed E-state index contributed by atoms with van der Waals surface area (Å²) in [6, 6.07) is 8.65. The maximum atomic E-state index is 12.2. The molecule has 114 valence electrons. The van der Waals surface area contributed by atoms with Crippen LogP contribution in [0.1, 0.15) is 12.2 Å². The molecule has 1 atom stereocenters. The Balaban J connectivity index is 1.70. The third-order valence-electron chi connectivity index (χ3n) is 3.49. The summed E-state index contributed by atoms with van der Waals surface area (Å²) in [6.45, 7) is 2.06. The molecular weight excluding hydrogens is 306 g/mol. The second kappa shape index (κ2) is 5.81. The van der Waals surface area contributed by atoms with Gasteiger partial charge in [-0.05, 0) is 25.1 Å². The maximum Gasteiger partial charge on any atom is 0.231 e. The van der Waals surface area contributed by atoms with Gasteiger partial charge in [0.25, 0.3) is 0 Å². The zero-order valence-electron chi connectivity index (χ0n) is 11.9. The second-order valence-corrected chi connectivity index (χ2v) is 5.63. The van der Waals surface area contributed by atoms with Crippen molar-refractivity contribution in [1.82, 2.24) is 5.16 Å². The molecule has 7 heteroatoms. The van der Waals surface area contributed by atoms with Gasteiger partial charge in [-0.25, -0.2) is 0 Å². The number of nitrogens with zero attached hydrogens (tertiary/aromatic N) is 2. The molecule has 22 heavy (non-hydrogen) atoms. The van der Waals surface area contributed by atoms with Gasteiger partial charge >= 0.3 is 0 Å². The third-order valence-corrected chi connectivity index (χ3v) is 3.73. The summed E-state index contributed by atoms with van der Waals surface area (Å²) in [5.74, 6) is 0.197. The summed E-state index contributed by atoms with van der Waals surface area (Å²) in [4.78, 5) is 25.9. The van der Waals surface area contributed by atoms with E-state index in [1.165, 1.54) is 0 Å². The number of carbonyl (C=O) groups is 2. The number of anilines is 2. The lowest BCUT2D eigenvalue weighted by molar-refractivity contribution is -0.122. The van der Waals surface area contributed by atoms with Gasteiger partial charge in [0.1, 0.15) is 5.76 Å². The first-order valence-electron chi connectivity index (χ1n) is 6.83. The summed E-state index contributed by atoms with van der Waals surface area (Å²) in [5.41, 5.74) is 0.699. The van der Waals surface area contributed by atoms with E-state index in [2.05, 4.69) is 10.5 Å². The topological polar surface area (TPSA) is 75.4 Å². The van der Waals surface area contributed by atoms with Crippen LogP contribution in [-0.2, 0) is 9.59 Å². The molecule has 0 spiro atoms. The van der Waals surface area contributed by atoms with E-state index >= 15 is 0 Å². The molecule has 1 aromatic heterocycles. The summed E-state index contributed by atoms with van der Waals surface area (Å²) >= 11 is 5.94. The van der Waals surface area contributed by atoms with Gasteiger partial charge in [-0.15, -0.1) is 0 Å². The van der Waals surface area contributed by atoms with Crippen LogP contribution in [-0.4, -0.2) is 23.5 Å². The number of nitrogens with one attached hydrogen (secondary N) is 1. The molecular formula is C15H14ClN3O3. The molecule has 2 aromatic rings. The number of hydrogen-bond acceptors (Lipinski definition) is 4. The minimum Gasteiger partial charge on any atom is -0.360 e. The molecule has 3 rings (SSSR count). The molecule has 1 N–H and O–H groups in total. The fraction of sp³-hybridized carbons (Fsp3) is 0.267. The molecule has 1 fully saturated rings. The average molecular weight is 320 g/mol. The molecule has 2 heterocycles. The number of rotatable bonds is 3. The van der Waals surface area contributed by atoms with E-state index in [1.54, 1.807) is 42.2 Å². The van der Waals surface area contributed by atoms with E-state index in [9.17, 15) is 9.59 Å². The molecule has 0 bridgehead atoms. The molecule has 0 radical (unpaired) electrons. The minimum absolute atomic E-state index is 0.0984. The molecule has 0 unspecified atom stereocenters. The monoisotopic (exact) mass is 319 g/mol. The highest BCUT2D eigenvalue weighted by atomic mass is 35.5. The molecule has 1 aliphatic heterocycles. The van der Waals surface area contributed by atoms with Gasteiger partial charge in [0, 0.05) is 29.7 Å². The fourth-order valence-electron chi connectivity index (χ4n) is 2.43. The Morgan fingerprint density at radius 3 is 2.95 bits per heavy atom. The summed E-state index contributed by atoms with van der Waals surface area (Å²) < 4.78 is 4.90. The molecule has 2 amide bonds. The lowest BCUT2D eigenvalue weighted by Gasteiger charge is -2.16. The number of carbonyl (C=O) groups excluding carboxylic acids is 2. The van der Waals surface area contributed by atoms with Crippen molar-refractivity contribution < 1.29 is 14.1 Å². The third kappa shape index (κ3) is 2.96. The predicted molar refractivity (Wildman–Crippen MR) is 81.8 cm³/mol. The van der Waals surface area contributed by atoms with Gasteiger partial charge < -0.3 is 14.7 Å². The van der Waals surface area contributed by atoms with Crippen LogP contribution >= 0.6 is 11.6 Å². The Morgan fingerprint density at radius 1 is 1.45 bits per heavy atom. The number of hydrogen-bond donors (Lipinski definition) is 1. The first-order chi connectivity index (χ1) is 10.5. The van der Waals surface area contributed by atoms with Gasteiger partial charge in [-0.3, -0.25) is 9.59 Å². The molecule has 1 aliphatic rings. The van der Waals surface area contributed by atoms with Gasteiger partial charge in [0.15, 0.2) is 5.82 Å². The highest BCUT2D eigenvalue weighted by Gasteiger charge is 2.35. The van der Waals surface area contributed by atoms with Gasteiger partial charge in [0.2, 0.25) is 11.8 Å². The number of amides is 2. The Morgan fingerprint density at radius 2 is 2.27 bits per heavy atom. The lowest BCUT2D eigenvalue weighted by atomic mass is 10.1. The van der Waals surface area contributed by atoms with E-state index in [4.69, 9.17) is 16.1 Å². The Kier molecular flexibility index (Phi) is 3.85. The van der Waals surface area contributed by atoms with Gasteiger partial charge in [-0.2, -0.15) is 0 Å². The maximum absolute atomic E-state index is 12.2. The second-order valence-electron chi connectivity index (χ2n) is 5.20. The first-order valence-corrected chi connectivity index (χ1v) is 7.21. The van der Waals surface area contributed by atoms with Crippen molar-refractivity contribution in [3.05, 3.63) is 41.1 Å². The van der Waals surface area contributed by atoms with E-state index in [0.717, 1.165) is 0 Å². The summed E-state index contributed by atoms with van der Waals surface area (Å²) in [6.07, 6.45) is 0.162. The summed E-state index contributed by atoms with van der Waals surface area (Å²) in [7, 11) is 0. The summed E-state index contributed by atoms with van der Waals surface area (Å²) in [5, 5.41) is 6.92. The predicted octanol–water partition coefficient (Wildman–Crippen LogP) is 2.63. The molecule has 0 aliphatic carbocycles. The van der Waals surface area contributed by atoms with Crippen molar-refractivity contribution in [1.29, 1.82) is 0 Å². The quantitative estimate of drug-likeness (QED) is 0.943. The first kappa shape index (κ1) is 14.6. The standard InChI is InChI=1S/C15H14ClN3O3/c1-9-5-13(18-22-9)17-15(21)10-6-14(20)19(8-10)12-4-2-3-11(16)7-12/h2-5,7,10H,6,8H2,1H3,(H,17,18,21)/t10-/m0/s1. The molecule has 1 saturated heterocycles. The van der Waals surface area contributed by atoms with E-state index in [-0.39, 0.29) is 18.2 Å². The van der Waals surface area contributed by atoms with E-state index < -0.39 is 5.92 Å². The van der Waals surface area contributed by atoms with Crippen LogP contribution in [0.3, 0.4) is 0 Å². The zero-order valence-corrected chi connectivity index (χ0v) is 12.6. The van der Waals surface area contributed by atoms with Crippen molar-refractivity contribution >= 4 is 34.9 Å². The van der Waals surface area contributed by atoms with Crippen molar-refractivity contribution in [2.45, 2.75) is 13.3 Å². The largest absolute Gasteiger partial charge is 0.360 e. The average Bonchev–Trinajstić information content (AvgIpc) is 3.05. The minimum atomic E-state index is -0.427. The fourth-order valence-corrected chi connectivity index (χ4v) is 2.61. The van der Waals surface area contributed by atoms with E-state index in [1.807, 2.05) is 0 Å². The van der Waals surface area contributed by atoms with Crippen LogP contribution in [0.5, 0.6) is 0 Å². The van der Waals surface area contributed by atoms with Crippen molar-refractivity contribution in [2.24, 2.45) is 5.92 Å². The van der Waals surface area contributed by atoms with Crippen LogP contribution in [0.25, 0.3) is 0 Å². The Bertz CT molecular complexity index is 728. The smallest absolute Gasteiger partial charge is 0.231 e. The van der Waals surface area contributed by atoms with Crippen molar-refractivity contribution in [3.8, 4) is 0 Å². The van der Waals surface area contributed by atoms with E-state index in [0.29, 0.717) is 28.8 Å². The van der Waals surface area contributed by atoms with Crippen LogP contribution in [0.2, 0.25) is 5.02 Å². The van der Waals surface area contributed by atoms with Crippen LogP contribution < -0.4 is 10.2 Å². The Hall–Kier alpha value is -2.34. The molecule has 6 nitrogen and oxygen atoms in total. The SMILES string of the molecule is Cc1cc(NC(=O)[C@H]2CC(=O)N(c3cccc(Cl)c3)C2)no1. The van der Waals surface area contributed by atoms with Gasteiger partial charge in [-0.1, -0.05) is 22.8 Å². The highest BCUT2D eigenvalue weighted by molar-refractivity contribution is 6.31. The van der Waals surface area contributed by atoms with Crippen LogP contribution in [0.15, 0.2) is 34.9 Å². The number of halogens is 1. The Labute approximate surface area is 132 Å². The van der Waals surface area contributed by atoms with Crippen LogP contribution in [0.4, 0.5) is 11.5 Å². The molecule has 1 aromatic carbocycles. The number of aryl methyl sites for hydroxylation is 1.